The predicted octanol–water partition coefficient (Wildman–Crippen LogP) is 3.77. The van der Waals surface area contributed by atoms with E-state index in [-0.39, 0.29) is 33.4 Å². The van der Waals surface area contributed by atoms with E-state index < -0.39 is 35.1 Å². The molecule has 2 amide bonds. The number of primary amides is 2. The zero-order valence-electron chi connectivity index (χ0n) is 14.1. The third-order valence-corrected chi connectivity index (χ3v) is 4.16. The van der Waals surface area contributed by atoms with Gasteiger partial charge in [-0.2, -0.15) is 0 Å². The summed E-state index contributed by atoms with van der Waals surface area (Å²) in [6.07, 6.45) is 0. The molecule has 3 aromatic carbocycles. The third kappa shape index (κ3) is 3.32. The summed E-state index contributed by atoms with van der Waals surface area (Å²) in [4.78, 5) is 24.1. The van der Waals surface area contributed by atoms with Crippen molar-refractivity contribution >= 4 is 11.8 Å². The molecule has 0 aromatic heterocycles. The van der Waals surface area contributed by atoms with Crippen LogP contribution in [0.15, 0.2) is 48.5 Å². The molecule has 0 saturated heterocycles. The minimum Gasteiger partial charge on any atom is -0.366 e. The first-order valence-corrected chi connectivity index (χ1v) is 7.88. The Morgan fingerprint density at radius 2 is 1.18 bits per heavy atom. The van der Waals surface area contributed by atoms with Gasteiger partial charge in [0.1, 0.15) is 0 Å². The van der Waals surface area contributed by atoms with Crippen LogP contribution in [0, 0.1) is 23.3 Å². The van der Waals surface area contributed by atoms with Crippen LogP contribution in [0.25, 0.3) is 22.3 Å². The minimum absolute atomic E-state index is 0.0362. The number of hydrogen-bond acceptors (Lipinski definition) is 2. The van der Waals surface area contributed by atoms with Crippen molar-refractivity contribution in [3.8, 4) is 22.3 Å². The summed E-state index contributed by atoms with van der Waals surface area (Å²) in [5, 5.41) is 0. The molecule has 0 bridgehead atoms. The van der Waals surface area contributed by atoms with Crippen LogP contribution in [-0.4, -0.2) is 11.8 Å². The van der Waals surface area contributed by atoms with E-state index in [1.807, 2.05) is 0 Å². The fourth-order valence-electron chi connectivity index (χ4n) is 2.92. The van der Waals surface area contributed by atoms with E-state index >= 15 is 0 Å². The lowest BCUT2D eigenvalue weighted by molar-refractivity contribution is 0.0999. The highest BCUT2D eigenvalue weighted by Gasteiger charge is 2.23. The molecule has 3 aromatic rings. The molecule has 0 aliphatic rings. The molecule has 142 valence electrons. The molecule has 0 unspecified atom stereocenters. The van der Waals surface area contributed by atoms with Gasteiger partial charge >= 0.3 is 0 Å². The summed E-state index contributed by atoms with van der Waals surface area (Å²) in [6.45, 7) is 0. The number of halogens is 4. The van der Waals surface area contributed by atoms with Gasteiger partial charge in [-0.1, -0.05) is 18.2 Å². The molecular weight excluding hydrogens is 376 g/mol. The number of hydrogen-bond donors (Lipinski definition) is 2. The molecule has 28 heavy (non-hydrogen) atoms. The van der Waals surface area contributed by atoms with Crippen molar-refractivity contribution in [1.82, 2.24) is 0 Å². The van der Waals surface area contributed by atoms with Crippen molar-refractivity contribution < 1.29 is 27.2 Å². The summed E-state index contributed by atoms with van der Waals surface area (Å²) in [5.41, 5.74) is 10.4. The number of amides is 2. The van der Waals surface area contributed by atoms with Crippen molar-refractivity contribution in [3.05, 3.63) is 82.9 Å². The van der Waals surface area contributed by atoms with E-state index in [1.54, 1.807) is 0 Å². The maximum Gasteiger partial charge on any atom is 0.249 e. The Balaban J connectivity index is 2.40. The third-order valence-electron chi connectivity index (χ3n) is 4.16. The summed E-state index contributed by atoms with van der Waals surface area (Å²) in [5.74, 6) is -6.59. The predicted molar refractivity (Wildman–Crippen MR) is 94.2 cm³/mol. The van der Waals surface area contributed by atoms with E-state index in [1.165, 1.54) is 18.2 Å². The summed E-state index contributed by atoms with van der Waals surface area (Å²) >= 11 is 0. The van der Waals surface area contributed by atoms with Gasteiger partial charge in [0.25, 0.3) is 0 Å². The lowest BCUT2D eigenvalue weighted by atomic mass is 9.87. The van der Waals surface area contributed by atoms with Crippen molar-refractivity contribution in [1.29, 1.82) is 0 Å². The van der Waals surface area contributed by atoms with Crippen LogP contribution in [0.1, 0.15) is 20.7 Å². The number of carbonyl (C=O) groups is 2. The van der Waals surface area contributed by atoms with Crippen LogP contribution in [0.2, 0.25) is 0 Å². The molecule has 0 saturated carbocycles. The zero-order valence-corrected chi connectivity index (χ0v) is 14.1. The van der Waals surface area contributed by atoms with E-state index in [2.05, 4.69) is 0 Å². The van der Waals surface area contributed by atoms with Crippen LogP contribution in [-0.2, 0) is 0 Å². The molecule has 0 spiro atoms. The van der Waals surface area contributed by atoms with Crippen LogP contribution in [0.4, 0.5) is 17.6 Å². The van der Waals surface area contributed by atoms with Gasteiger partial charge in [0.05, 0.1) is 5.56 Å². The SMILES string of the molecule is NC(=O)c1ccc(-c2ccc(F)c(F)c2)c(C(N)=O)c1-c1ccc(F)c(F)c1. The van der Waals surface area contributed by atoms with Crippen LogP contribution >= 0.6 is 0 Å². The first kappa shape index (κ1) is 19.1. The maximum atomic E-state index is 13.8. The van der Waals surface area contributed by atoms with Gasteiger partial charge in [0.15, 0.2) is 23.3 Å². The number of nitrogens with two attached hydrogens (primary N) is 2. The molecule has 8 heteroatoms. The van der Waals surface area contributed by atoms with Crippen LogP contribution < -0.4 is 11.5 Å². The Labute approximate surface area is 156 Å². The molecule has 0 radical (unpaired) electrons. The molecular formula is C20H12F4N2O2. The standard InChI is InChI=1S/C20H12F4N2O2/c21-13-5-1-9(7-15(13)23)11-3-4-12(19(25)27)17(18(11)20(26)28)10-2-6-14(22)16(24)8-10/h1-8H,(H2,25,27)(H2,26,28). The summed E-state index contributed by atoms with van der Waals surface area (Å²) in [6, 6.07) is 8.16. The lowest BCUT2D eigenvalue weighted by Crippen LogP contribution is -2.19. The Morgan fingerprint density at radius 1 is 0.643 bits per heavy atom. The number of rotatable bonds is 4. The smallest absolute Gasteiger partial charge is 0.249 e. The molecule has 0 aliphatic carbocycles. The average Bonchev–Trinajstić information content (AvgIpc) is 2.64. The quantitative estimate of drug-likeness (QED) is 0.667. The molecule has 0 atom stereocenters. The Morgan fingerprint density at radius 3 is 1.68 bits per heavy atom. The Kier molecular flexibility index (Phi) is 4.87. The maximum absolute atomic E-state index is 13.8. The van der Waals surface area contributed by atoms with E-state index in [9.17, 15) is 27.2 Å². The fraction of sp³-hybridized carbons (Fsp3) is 0. The lowest BCUT2D eigenvalue weighted by Gasteiger charge is -2.16. The van der Waals surface area contributed by atoms with Gasteiger partial charge in [-0.15, -0.1) is 0 Å². The first-order valence-electron chi connectivity index (χ1n) is 7.88. The van der Waals surface area contributed by atoms with Gasteiger partial charge < -0.3 is 11.5 Å². The second kappa shape index (κ2) is 7.15. The normalized spacial score (nSPS) is 10.7. The minimum atomic E-state index is -1.22. The Hall–Kier alpha value is -3.68. The van der Waals surface area contributed by atoms with Gasteiger partial charge in [-0.3, -0.25) is 9.59 Å². The molecule has 0 aliphatic heterocycles. The second-order valence-electron chi connectivity index (χ2n) is 5.90. The van der Waals surface area contributed by atoms with Gasteiger partial charge in [-0.05, 0) is 47.0 Å². The highest BCUT2D eigenvalue weighted by molar-refractivity contribution is 6.12. The largest absolute Gasteiger partial charge is 0.366 e. The van der Waals surface area contributed by atoms with E-state index in [0.29, 0.717) is 0 Å². The van der Waals surface area contributed by atoms with Gasteiger partial charge in [0.2, 0.25) is 11.8 Å². The molecule has 0 fully saturated rings. The molecule has 3 rings (SSSR count). The Bertz CT molecular complexity index is 1130. The van der Waals surface area contributed by atoms with E-state index in [0.717, 1.165) is 30.3 Å². The molecule has 4 nitrogen and oxygen atoms in total. The van der Waals surface area contributed by atoms with Gasteiger partial charge in [0, 0.05) is 11.1 Å². The van der Waals surface area contributed by atoms with Crippen molar-refractivity contribution in [2.24, 2.45) is 11.5 Å². The van der Waals surface area contributed by atoms with Crippen molar-refractivity contribution in [2.45, 2.75) is 0 Å². The highest BCUT2D eigenvalue weighted by Crippen LogP contribution is 2.36. The molecule has 0 heterocycles. The number of benzene rings is 3. The zero-order chi connectivity index (χ0) is 20.6. The summed E-state index contributed by atoms with van der Waals surface area (Å²) < 4.78 is 54.0. The fourth-order valence-corrected chi connectivity index (χ4v) is 2.92. The van der Waals surface area contributed by atoms with Gasteiger partial charge in [-0.25, -0.2) is 17.6 Å². The van der Waals surface area contributed by atoms with Crippen molar-refractivity contribution in [3.63, 3.8) is 0 Å². The average molecular weight is 388 g/mol. The second-order valence-corrected chi connectivity index (χ2v) is 5.90. The van der Waals surface area contributed by atoms with Crippen LogP contribution in [0.3, 0.4) is 0 Å². The first-order chi connectivity index (χ1) is 13.2. The molecule has 4 N–H and O–H groups in total. The topological polar surface area (TPSA) is 86.2 Å². The number of carbonyl (C=O) groups excluding carboxylic acids is 2. The van der Waals surface area contributed by atoms with Crippen LogP contribution in [0.5, 0.6) is 0 Å². The van der Waals surface area contributed by atoms with Crippen molar-refractivity contribution in [2.75, 3.05) is 0 Å². The monoisotopic (exact) mass is 388 g/mol. The van der Waals surface area contributed by atoms with E-state index in [4.69, 9.17) is 11.5 Å². The summed E-state index contributed by atoms with van der Waals surface area (Å²) in [7, 11) is 0. The highest BCUT2D eigenvalue weighted by atomic mass is 19.2.